The van der Waals surface area contributed by atoms with Crippen LogP contribution in [0.15, 0.2) is 30.3 Å². The SMILES string of the molecule is CC1(C)N[C@H](c2ccccc2)C(C)(C)N1O. The molecule has 0 spiro atoms. The van der Waals surface area contributed by atoms with Gasteiger partial charge in [-0.05, 0) is 33.3 Å². The molecule has 0 aromatic heterocycles. The van der Waals surface area contributed by atoms with Crippen LogP contribution >= 0.6 is 0 Å². The van der Waals surface area contributed by atoms with Gasteiger partial charge in [-0.25, -0.2) is 0 Å². The zero-order chi connectivity index (χ0) is 12.0. The van der Waals surface area contributed by atoms with Crippen molar-refractivity contribution < 1.29 is 5.21 Å². The van der Waals surface area contributed by atoms with E-state index in [9.17, 15) is 5.21 Å². The Balaban J connectivity index is 2.38. The Bertz CT molecular complexity index is 373. The van der Waals surface area contributed by atoms with E-state index >= 15 is 0 Å². The van der Waals surface area contributed by atoms with E-state index in [1.807, 2.05) is 45.9 Å². The summed E-state index contributed by atoms with van der Waals surface area (Å²) in [6.07, 6.45) is 0. The van der Waals surface area contributed by atoms with Gasteiger partial charge in [-0.2, -0.15) is 5.06 Å². The van der Waals surface area contributed by atoms with Crippen molar-refractivity contribution in [2.75, 3.05) is 0 Å². The normalized spacial score (nSPS) is 28.2. The van der Waals surface area contributed by atoms with Gasteiger partial charge in [0.05, 0.1) is 17.2 Å². The minimum absolute atomic E-state index is 0.133. The fourth-order valence-corrected chi connectivity index (χ4v) is 2.57. The standard InChI is InChI=1S/C13H20N2O/c1-12(2)11(10-8-6-5-7-9-10)14-13(3,4)15(12)16/h5-9,11,14,16H,1-4H3/t11-/m1/s1. The Morgan fingerprint density at radius 3 is 2.12 bits per heavy atom. The molecular weight excluding hydrogens is 200 g/mol. The molecule has 1 fully saturated rings. The number of nitrogens with zero attached hydrogens (tertiary/aromatic N) is 1. The van der Waals surface area contributed by atoms with E-state index < -0.39 is 5.66 Å². The number of hydrogen-bond acceptors (Lipinski definition) is 3. The van der Waals surface area contributed by atoms with Crippen LogP contribution in [0.5, 0.6) is 0 Å². The predicted molar refractivity (Wildman–Crippen MR) is 64.1 cm³/mol. The molecule has 1 aliphatic heterocycles. The molecule has 0 amide bonds. The molecule has 2 N–H and O–H groups in total. The highest BCUT2D eigenvalue weighted by molar-refractivity contribution is 5.25. The molecule has 0 aliphatic carbocycles. The van der Waals surface area contributed by atoms with Crippen LogP contribution in [0.1, 0.15) is 39.3 Å². The van der Waals surface area contributed by atoms with Crippen LogP contribution in [0.3, 0.4) is 0 Å². The van der Waals surface area contributed by atoms with Crippen molar-refractivity contribution >= 4 is 0 Å². The summed E-state index contributed by atoms with van der Waals surface area (Å²) in [6.45, 7) is 8.06. The Kier molecular flexibility index (Phi) is 2.57. The molecule has 1 atom stereocenters. The quantitative estimate of drug-likeness (QED) is 0.763. The van der Waals surface area contributed by atoms with Crippen molar-refractivity contribution in [2.24, 2.45) is 0 Å². The van der Waals surface area contributed by atoms with Gasteiger partial charge in [-0.1, -0.05) is 30.3 Å². The van der Waals surface area contributed by atoms with E-state index in [-0.39, 0.29) is 11.6 Å². The summed E-state index contributed by atoms with van der Waals surface area (Å²) >= 11 is 0. The molecule has 3 nitrogen and oxygen atoms in total. The van der Waals surface area contributed by atoms with E-state index in [4.69, 9.17) is 0 Å². The van der Waals surface area contributed by atoms with Gasteiger partial charge in [-0.15, -0.1) is 0 Å². The average molecular weight is 220 g/mol. The second kappa shape index (κ2) is 3.55. The van der Waals surface area contributed by atoms with Crippen LogP contribution in [0, 0.1) is 0 Å². The highest BCUT2D eigenvalue weighted by Crippen LogP contribution is 2.40. The maximum Gasteiger partial charge on any atom is 0.0905 e. The molecule has 0 unspecified atom stereocenters. The predicted octanol–water partition coefficient (Wildman–Crippen LogP) is 2.54. The molecule has 1 aromatic rings. The van der Waals surface area contributed by atoms with Crippen LogP contribution < -0.4 is 5.32 Å². The van der Waals surface area contributed by atoms with E-state index in [2.05, 4.69) is 17.4 Å². The fraction of sp³-hybridized carbons (Fsp3) is 0.538. The largest absolute Gasteiger partial charge is 0.312 e. The zero-order valence-electron chi connectivity index (χ0n) is 10.4. The summed E-state index contributed by atoms with van der Waals surface area (Å²) in [6, 6.07) is 10.4. The lowest BCUT2D eigenvalue weighted by molar-refractivity contribution is -0.196. The highest BCUT2D eigenvalue weighted by atomic mass is 16.5. The summed E-state index contributed by atoms with van der Waals surface area (Å²) in [5.41, 5.74) is 0.492. The number of benzene rings is 1. The van der Waals surface area contributed by atoms with Gasteiger partial charge in [0.25, 0.3) is 0 Å². The van der Waals surface area contributed by atoms with Crippen molar-refractivity contribution in [3.8, 4) is 0 Å². The van der Waals surface area contributed by atoms with Crippen molar-refractivity contribution in [3.63, 3.8) is 0 Å². The third-order valence-electron chi connectivity index (χ3n) is 3.41. The average Bonchev–Trinajstić information content (AvgIpc) is 2.40. The van der Waals surface area contributed by atoms with Crippen molar-refractivity contribution in [1.82, 2.24) is 10.4 Å². The maximum absolute atomic E-state index is 10.2. The van der Waals surface area contributed by atoms with Crippen molar-refractivity contribution in [1.29, 1.82) is 0 Å². The van der Waals surface area contributed by atoms with E-state index in [0.717, 1.165) is 0 Å². The molecule has 0 radical (unpaired) electrons. The summed E-state index contributed by atoms with van der Waals surface area (Å²) < 4.78 is 0. The first-order valence-electron chi connectivity index (χ1n) is 5.67. The van der Waals surface area contributed by atoms with Gasteiger partial charge in [0.1, 0.15) is 0 Å². The zero-order valence-corrected chi connectivity index (χ0v) is 10.4. The van der Waals surface area contributed by atoms with Gasteiger partial charge >= 0.3 is 0 Å². The van der Waals surface area contributed by atoms with Crippen molar-refractivity contribution in [2.45, 2.75) is 44.9 Å². The minimum Gasteiger partial charge on any atom is -0.312 e. The lowest BCUT2D eigenvalue weighted by Gasteiger charge is -2.34. The van der Waals surface area contributed by atoms with E-state index in [1.54, 1.807) is 0 Å². The molecule has 1 saturated heterocycles. The smallest absolute Gasteiger partial charge is 0.0905 e. The summed E-state index contributed by atoms with van der Waals surface area (Å²) in [5, 5.41) is 15.1. The molecular formula is C13H20N2O. The first kappa shape index (κ1) is 11.6. The fourth-order valence-electron chi connectivity index (χ4n) is 2.57. The molecule has 0 saturated carbocycles. The first-order valence-corrected chi connectivity index (χ1v) is 5.67. The van der Waals surface area contributed by atoms with Gasteiger partial charge < -0.3 is 5.21 Å². The van der Waals surface area contributed by atoms with Crippen LogP contribution in [0.25, 0.3) is 0 Å². The topological polar surface area (TPSA) is 35.5 Å². The Morgan fingerprint density at radius 1 is 1.12 bits per heavy atom. The van der Waals surface area contributed by atoms with Gasteiger partial charge in [0.15, 0.2) is 0 Å². The van der Waals surface area contributed by atoms with Gasteiger partial charge in [-0.3, -0.25) is 5.32 Å². The molecule has 88 valence electrons. The number of hydrogen-bond donors (Lipinski definition) is 2. The first-order chi connectivity index (χ1) is 7.36. The van der Waals surface area contributed by atoms with Crippen LogP contribution in [-0.2, 0) is 0 Å². The molecule has 1 heterocycles. The van der Waals surface area contributed by atoms with Crippen molar-refractivity contribution in [3.05, 3.63) is 35.9 Å². The maximum atomic E-state index is 10.2. The number of rotatable bonds is 1. The van der Waals surface area contributed by atoms with Gasteiger partial charge in [0.2, 0.25) is 0 Å². The van der Waals surface area contributed by atoms with Crippen LogP contribution in [0.4, 0.5) is 0 Å². The second-order valence-corrected chi connectivity index (χ2v) is 5.51. The Hall–Kier alpha value is -0.900. The second-order valence-electron chi connectivity index (χ2n) is 5.51. The third-order valence-corrected chi connectivity index (χ3v) is 3.41. The molecule has 1 aromatic carbocycles. The lowest BCUT2D eigenvalue weighted by Crippen LogP contribution is -2.48. The lowest BCUT2D eigenvalue weighted by atomic mass is 9.90. The Morgan fingerprint density at radius 2 is 1.69 bits per heavy atom. The van der Waals surface area contributed by atoms with E-state index in [1.165, 1.54) is 10.6 Å². The number of nitrogens with one attached hydrogen (secondary N) is 1. The molecule has 2 rings (SSSR count). The van der Waals surface area contributed by atoms with Gasteiger partial charge in [0, 0.05) is 0 Å². The molecule has 3 heteroatoms. The Labute approximate surface area is 97.0 Å². The van der Waals surface area contributed by atoms with Crippen LogP contribution in [0.2, 0.25) is 0 Å². The number of hydroxylamine groups is 2. The summed E-state index contributed by atoms with van der Waals surface area (Å²) in [4.78, 5) is 0. The minimum atomic E-state index is -0.399. The summed E-state index contributed by atoms with van der Waals surface area (Å²) in [7, 11) is 0. The highest BCUT2D eigenvalue weighted by Gasteiger charge is 2.51. The molecule has 0 bridgehead atoms. The monoisotopic (exact) mass is 220 g/mol. The van der Waals surface area contributed by atoms with Crippen LogP contribution in [-0.4, -0.2) is 21.5 Å². The summed E-state index contributed by atoms with van der Waals surface area (Å²) in [5.74, 6) is 0. The molecule has 16 heavy (non-hydrogen) atoms. The van der Waals surface area contributed by atoms with E-state index in [0.29, 0.717) is 0 Å². The molecule has 1 aliphatic rings. The third kappa shape index (κ3) is 1.65.